The van der Waals surface area contributed by atoms with Crippen molar-refractivity contribution < 1.29 is 15.0 Å². The Bertz CT molecular complexity index is 421. The van der Waals surface area contributed by atoms with Gasteiger partial charge in [-0.25, -0.2) is 4.90 Å². The first-order chi connectivity index (χ1) is 8.52. The van der Waals surface area contributed by atoms with Crippen molar-refractivity contribution in [1.82, 2.24) is 9.80 Å². The summed E-state index contributed by atoms with van der Waals surface area (Å²) in [4.78, 5) is 14.2. The molecule has 1 heterocycles. The molecule has 1 amide bonds. The molecule has 18 heavy (non-hydrogen) atoms. The number of carbonyl (C=O) groups excluding carboxylic acids is 1. The van der Waals surface area contributed by atoms with Crippen LogP contribution in [0.5, 0.6) is 0 Å². The Kier molecular flexibility index (Phi) is 3.65. The van der Waals surface area contributed by atoms with E-state index in [0.717, 1.165) is 11.1 Å². The molecular formula is C13H18N2O3. The maximum atomic E-state index is 11.1. The normalized spacial score (nSPS) is 22.9. The zero-order chi connectivity index (χ0) is 13.3. The molecule has 2 rings (SSSR count). The number of fused-ring (bicyclic) bond motifs is 1. The first-order valence-electron chi connectivity index (χ1n) is 5.94. The Morgan fingerprint density at radius 1 is 1.28 bits per heavy atom. The SMILES string of the molecule is CC(=O)N(C)CCN1C(O)c2ccccc2C1O. The third-order valence-electron chi connectivity index (χ3n) is 3.41. The first-order valence-corrected chi connectivity index (χ1v) is 5.94. The Morgan fingerprint density at radius 3 is 2.22 bits per heavy atom. The molecule has 2 atom stereocenters. The number of aliphatic hydroxyl groups is 2. The van der Waals surface area contributed by atoms with Gasteiger partial charge in [-0.3, -0.25) is 4.79 Å². The molecule has 0 radical (unpaired) electrons. The molecule has 0 saturated carbocycles. The predicted octanol–water partition coefficient (Wildman–Crippen LogP) is 0.462. The lowest BCUT2D eigenvalue weighted by molar-refractivity contribution is -0.129. The molecule has 0 aromatic heterocycles. The van der Waals surface area contributed by atoms with Crippen molar-refractivity contribution in [3.8, 4) is 0 Å². The van der Waals surface area contributed by atoms with Gasteiger partial charge in [0.2, 0.25) is 5.91 Å². The molecule has 2 N–H and O–H groups in total. The zero-order valence-corrected chi connectivity index (χ0v) is 10.6. The van der Waals surface area contributed by atoms with E-state index in [9.17, 15) is 15.0 Å². The number of benzene rings is 1. The zero-order valence-electron chi connectivity index (χ0n) is 10.6. The second-order valence-corrected chi connectivity index (χ2v) is 4.55. The average Bonchev–Trinajstić information content (AvgIpc) is 2.60. The lowest BCUT2D eigenvalue weighted by Crippen LogP contribution is -2.36. The number of hydrogen-bond acceptors (Lipinski definition) is 4. The van der Waals surface area contributed by atoms with E-state index < -0.39 is 12.5 Å². The number of hydrogen-bond donors (Lipinski definition) is 2. The number of likely N-dealkylation sites (N-methyl/N-ethyl adjacent to an activating group) is 1. The summed E-state index contributed by atoms with van der Waals surface area (Å²) in [6.07, 6.45) is -1.62. The molecule has 2 unspecified atom stereocenters. The van der Waals surface area contributed by atoms with Gasteiger partial charge in [0.25, 0.3) is 0 Å². The fraction of sp³-hybridized carbons (Fsp3) is 0.462. The molecule has 98 valence electrons. The number of rotatable bonds is 3. The second-order valence-electron chi connectivity index (χ2n) is 4.55. The Morgan fingerprint density at radius 2 is 1.78 bits per heavy atom. The third-order valence-corrected chi connectivity index (χ3v) is 3.41. The maximum Gasteiger partial charge on any atom is 0.219 e. The molecule has 1 aromatic rings. The lowest BCUT2D eigenvalue weighted by Gasteiger charge is -2.26. The van der Waals surface area contributed by atoms with E-state index in [1.54, 1.807) is 29.0 Å². The number of amides is 1. The number of nitrogens with zero attached hydrogens (tertiary/aromatic N) is 2. The van der Waals surface area contributed by atoms with E-state index >= 15 is 0 Å². The number of aliphatic hydroxyl groups excluding tert-OH is 2. The highest BCUT2D eigenvalue weighted by Gasteiger charge is 2.35. The van der Waals surface area contributed by atoms with Crippen LogP contribution in [-0.4, -0.2) is 46.1 Å². The third kappa shape index (κ3) is 2.25. The standard InChI is InChI=1S/C13H18N2O3/c1-9(16)14(2)7-8-15-12(17)10-5-3-4-6-11(10)13(15)18/h3-6,12-13,17-18H,7-8H2,1-2H3. The van der Waals surface area contributed by atoms with Crippen molar-refractivity contribution in [3.05, 3.63) is 35.4 Å². The smallest absolute Gasteiger partial charge is 0.219 e. The van der Waals surface area contributed by atoms with Crippen molar-refractivity contribution in [1.29, 1.82) is 0 Å². The highest BCUT2D eigenvalue weighted by molar-refractivity contribution is 5.72. The summed E-state index contributed by atoms with van der Waals surface area (Å²) in [5.74, 6) is -0.0318. The van der Waals surface area contributed by atoms with Gasteiger partial charge in [0.15, 0.2) is 0 Å². The second kappa shape index (κ2) is 5.06. The van der Waals surface area contributed by atoms with E-state index in [2.05, 4.69) is 0 Å². The quantitative estimate of drug-likeness (QED) is 0.818. The van der Waals surface area contributed by atoms with Gasteiger partial charge in [-0.1, -0.05) is 24.3 Å². The van der Waals surface area contributed by atoms with Gasteiger partial charge in [0.05, 0.1) is 0 Å². The molecule has 1 aliphatic heterocycles. The van der Waals surface area contributed by atoms with Crippen LogP contribution in [0.15, 0.2) is 24.3 Å². The van der Waals surface area contributed by atoms with Gasteiger partial charge in [0.1, 0.15) is 12.5 Å². The Balaban J connectivity index is 2.07. The van der Waals surface area contributed by atoms with E-state index in [0.29, 0.717) is 13.1 Å². The first kappa shape index (κ1) is 13.0. The molecule has 5 heteroatoms. The lowest BCUT2D eigenvalue weighted by atomic mass is 10.1. The summed E-state index contributed by atoms with van der Waals surface area (Å²) in [5, 5.41) is 20.3. The van der Waals surface area contributed by atoms with E-state index in [-0.39, 0.29) is 5.91 Å². The van der Waals surface area contributed by atoms with Crippen LogP contribution < -0.4 is 0 Å². The topological polar surface area (TPSA) is 64.0 Å². The molecule has 0 fully saturated rings. The van der Waals surface area contributed by atoms with Crippen molar-refractivity contribution in [3.63, 3.8) is 0 Å². The van der Waals surface area contributed by atoms with Crippen LogP contribution in [0.4, 0.5) is 0 Å². The van der Waals surface area contributed by atoms with E-state index in [1.807, 2.05) is 12.1 Å². The molecule has 5 nitrogen and oxygen atoms in total. The minimum atomic E-state index is -0.809. The minimum absolute atomic E-state index is 0.0318. The fourth-order valence-electron chi connectivity index (χ4n) is 2.14. The van der Waals surface area contributed by atoms with Crippen LogP contribution in [0.25, 0.3) is 0 Å². The van der Waals surface area contributed by atoms with E-state index in [4.69, 9.17) is 0 Å². The Labute approximate surface area is 106 Å². The van der Waals surface area contributed by atoms with Crippen molar-refractivity contribution in [2.24, 2.45) is 0 Å². The van der Waals surface area contributed by atoms with Gasteiger partial charge in [-0.05, 0) is 0 Å². The van der Waals surface area contributed by atoms with Crippen LogP contribution in [0.1, 0.15) is 30.5 Å². The van der Waals surface area contributed by atoms with Crippen molar-refractivity contribution >= 4 is 5.91 Å². The Hall–Kier alpha value is -1.43. The van der Waals surface area contributed by atoms with Crippen LogP contribution in [0.3, 0.4) is 0 Å². The summed E-state index contributed by atoms with van der Waals surface area (Å²) in [6, 6.07) is 7.27. The van der Waals surface area contributed by atoms with Gasteiger partial charge in [-0.15, -0.1) is 0 Å². The highest BCUT2D eigenvalue weighted by Crippen LogP contribution is 2.38. The molecular weight excluding hydrogens is 232 g/mol. The van der Waals surface area contributed by atoms with Gasteiger partial charge >= 0.3 is 0 Å². The molecule has 0 aliphatic carbocycles. The van der Waals surface area contributed by atoms with Gasteiger partial charge in [0, 0.05) is 38.2 Å². The molecule has 0 bridgehead atoms. The molecule has 0 spiro atoms. The summed E-state index contributed by atoms with van der Waals surface area (Å²) < 4.78 is 0. The number of carbonyl (C=O) groups is 1. The summed E-state index contributed by atoms with van der Waals surface area (Å²) >= 11 is 0. The van der Waals surface area contributed by atoms with Crippen molar-refractivity contribution in [2.45, 2.75) is 19.4 Å². The fourth-order valence-corrected chi connectivity index (χ4v) is 2.14. The monoisotopic (exact) mass is 250 g/mol. The van der Waals surface area contributed by atoms with E-state index in [1.165, 1.54) is 6.92 Å². The van der Waals surface area contributed by atoms with Crippen LogP contribution in [0, 0.1) is 0 Å². The van der Waals surface area contributed by atoms with Crippen LogP contribution in [-0.2, 0) is 4.79 Å². The van der Waals surface area contributed by atoms with Crippen LogP contribution >= 0.6 is 0 Å². The van der Waals surface area contributed by atoms with Gasteiger partial charge in [-0.2, -0.15) is 0 Å². The predicted molar refractivity (Wildman–Crippen MR) is 66.4 cm³/mol. The molecule has 0 saturated heterocycles. The maximum absolute atomic E-state index is 11.1. The molecule has 1 aliphatic rings. The summed E-state index contributed by atoms with van der Waals surface area (Å²) in [6.45, 7) is 2.39. The minimum Gasteiger partial charge on any atom is -0.374 e. The molecule has 1 aromatic carbocycles. The average molecular weight is 250 g/mol. The summed E-state index contributed by atoms with van der Waals surface area (Å²) in [7, 11) is 1.70. The largest absolute Gasteiger partial charge is 0.374 e. The summed E-state index contributed by atoms with van der Waals surface area (Å²) in [5.41, 5.74) is 1.46. The highest BCUT2D eigenvalue weighted by atomic mass is 16.3. The van der Waals surface area contributed by atoms with Gasteiger partial charge < -0.3 is 15.1 Å². The van der Waals surface area contributed by atoms with Crippen LogP contribution in [0.2, 0.25) is 0 Å². The van der Waals surface area contributed by atoms with Crippen molar-refractivity contribution in [2.75, 3.05) is 20.1 Å².